The van der Waals surface area contributed by atoms with Crippen LogP contribution in [-0.4, -0.2) is 27.6 Å². The number of hydrogen-bond acceptors (Lipinski definition) is 6. The molecule has 3 aromatic carbocycles. The van der Waals surface area contributed by atoms with Crippen molar-refractivity contribution in [3.05, 3.63) is 105 Å². The van der Waals surface area contributed by atoms with Gasteiger partial charge in [-0.3, -0.25) is 29.4 Å². The van der Waals surface area contributed by atoms with Gasteiger partial charge < -0.3 is 10.4 Å². The number of para-hydroxylation sites is 1. The first-order chi connectivity index (χ1) is 16.7. The summed E-state index contributed by atoms with van der Waals surface area (Å²) in [6.45, 7) is 1.34. The lowest BCUT2D eigenvalue weighted by Gasteiger charge is -2.25. The Labute approximate surface area is 204 Å². The molecule has 0 saturated carbocycles. The molecule has 1 aliphatic heterocycles. The maximum absolute atomic E-state index is 13.2. The Morgan fingerprint density at radius 2 is 1.66 bits per heavy atom. The van der Waals surface area contributed by atoms with E-state index in [0.29, 0.717) is 10.7 Å². The minimum Gasteiger partial charge on any atom is -0.507 e. The van der Waals surface area contributed by atoms with Crippen LogP contribution in [0, 0.1) is 10.1 Å². The van der Waals surface area contributed by atoms with E-state index in [-0.39, 0.29) is 34.0 Å². The average molecular weight is 492 g/mol. The third kappa shape index (κ3) is 4.49. The topological polar surface area (TPSA) is 130 Å². The van der Waals surface area contributed by atoms with Gasteiger partial charge in [-0.05, 0) is 54.6 Å². The van der Waals surface area contributed by atoms with Crippen LogP contribution in [0.2, 0.25) is 5.02 Å². The van der Waals surface area contributed by atoms with E-state index >= 15 is 0 Å². The number of aliphatic hydroxyl groups excluding tert-OH is 1. The Hall–Kier alpha value is -4.50. The molecule has 9 nitrogen and oxygen atoms in total. The highest BCUT2D eigenvalue weighted by Crippen LogP contribution is 2.44. The van der Waals surface area contributed by atoms with Gasteiger partial charge in [-0.25, -0.2) is 0 Å². The number of benzene rings is 3. The van der Waals surface area contributed by atoms with Crippen molar-refractivity contribution in [1.82, 2.24) is 0 Å². The van der Waals surface area contributed by atoms with Gasteiger partial charge in [0.25, 0.3) is 17.4 Å². The van der Waals surface area contributed by atoms with Crippen LogP contribution >= 0.6 is 11.6 Å². The summed E-state index contributed by atoms with van der Waals surface area (Å²) in [6, 6.07) is 16.5. The fourth-order valence-electron chi connectivity index (χ4n) is 3.95. The molecular weight excluding hydrogens is 474 g/mol. The number of ketones is 1. The van der Waals surface area contributed by atoms with Gasteiger partial charge in [-0.15, -0.1) is 0 Å². The summed E-state index contributed by atoms with van der Waals surface area (Å²) >= 11 is 5.93. The third-order valence-electron chi connectivity index (χ3n) is 5.46. The SMILES string of the molecule is CC(=O)Nc1ccc(N2C(=O)C(=O)C(=C(O)c3ccc(Cl)cc3)[C@H]2c2ccccc2[N+](=O)[O-])cc1. The predicted octanol–water partition coefficient (Wildman–Crippen LogP) is 4.83. The largest absolute Gasteiger partial charge is 0.507 e. The molecule has 0 radical (unpaired) electrons. The van der Waals surface area contributed by atoms with E-state index in [1.54, 1.807) is 6.07 Å². The zero-order chi connectivity index (χ0) is 25.3. The summed E-state index contributed by atoms with van der Waals surface area (Å²) < 4.78 is 0. The maximum atomic E-state index is 13.2. The van der Waals surface area contributed by atoms with Gasteiger partial charge in [-0.2, -0.15) is 0 Å². The molecule has 0 unspecified atom stereocenters. The summed E-state index contributed by atoms with van der Waals surface area (Å²) in [5.74, 6) is -2.73. The highest BCUT2D eigenvalue weighted by Gasteiger charge is 2.48. The van der Waals surface area contributed by atoms with Crippen molar-refractivity contribution in [2.45, 2.75) is 13.0 Å². The fraction of sp³-hybridized carbons (Fsp3) is 0.0800. The van der Waals surface area contributed by atoms with Crippen molar-refractivity contribution in [1.29, 1.82) is 0 Å². The Morgan fingerprint density at radius 3 is 2.26 bits per heavy atom. The van der Waals surface area contributed by atoms with Crippen LogP contribution in [0.15, 0.2) is 78.4 Å². The molecule has 35 heavy (non-hydrogen) atoms. The zero-order valence-corrected chi connectivity index (χ0v) is 19.0. The molecule has 2 amide bonds. The van der Waals surface area contributed by atoms with E-state index < -0.39 is 28.4 Å². The lowest BCUT2D eigenvalue weighted by atomic mass is 9.94. The van der Waals surface area contributed by atoms with E-state index in [4.69, 9.17) is 11.6 Å². The molecule has 0 aromatic heterocycles. The van der Waals surface area contributed by atoms with Gasteiger partial charge in [-0.1, -0.05) is 23.7 Å². The number of carbonyl (C=O) groups excluding carboxylic acids is 3. The second-order valence-electron chi connectivity index (χ2n) is 7.72. The van der Waals surface area contributed by atoms with Crippen molar-refractivity contribution < 1.29 is 24.4 Å². The predicted molar refractivity (Wildman–Crippen MR) is 130 cm³/mol. The first-order valence-corrected chi connectivity index (χ1v) is 10.7. The van der Waals surface area contributed by atoms with Gasteiger partial charge in [0, 0.05) is 35.0 Å². The monoisotopic (exact) mass is 491 g/mol. The second-order valence-corrected chi connectivity index (χ2v) is 8.16. The smallest absolute Gasteiger partial charge is 0.300 e. The summed E-state index contributed by atoms with van der Waals surface area (Å²) in [5.41, 5.74) is 0.370. The standard InChI is InChI=1S/C25H18ClN3O6/c1-14(30)27-17-10-12-18(13-11-17)28-22(19-4-2-3-5-20(19)29(34)35)21(24(32)25(28)33)23(31)15-6-8-16(26)9-7-15/h2-13,22,31H,1H3,(H,27,30)/t22-/m1/s1. The summed E-state index contributed by atoms with van der Waals surface area (Å²) in [5, 5.41) is 25.9. The van der Waals surface area contributed by atoms with Crippen molar-refractivity contribution in [3.63, 3.8) is 0 Å². The Morgan fingerprint density at radius 1 is 1.03 bits per heavy atom. The fourth-order valence-corrected chi connectivity index (χ4v) is 4.08. The summed E-state index contributed by atoms with van der Waals surface area (Å²) in [6.07, 6.45) is 0. The number of nitro groups is 1. The molecule has 3 aromatic rings. The highest BCUT2D eigenvalue weighted by molar-refractivity contribution is 6.51. The molecular formula is C25H18ClN3O6. The number of aliphatic hydroxyl groups is 1. The van der Waals surface area contributed by atoms with E-state index in [9.17, 15) is 29.6 Å². The van der Waals surface area contributed by atoms with Crippen LogP contribution in [0.25, 0.3) is 5.76 Å². The molecule has 4 rings (SSSR count). The number of anilines is 2. The number of rotatable bonds is 5. The Bertz CT molecular complexity index is 1380. The zero-order valence-electron chi connectivity index (χ0n) is 18.3. The normalized spacial score (nSPS) is 16.9. The molecule has 1 aliphatic rings. The number of nitrogens with one attached hydrogen (secondary N) is 1. The highest BCUT2D eigenvalue weighted by atomic mass is 35.5. The van der Waals surface area contributed by atoms with Crippen LogP contribution in [0.3, 0.4) is 0 Å². The van der Waals surface area contributed by atoms with E-state index in [0.717, 1.165) is 4.90 Å². The Kier molecular flexibility index (Phi) is 6.35. The van der Waals surface area contributed by atoms with Crippen molar-refractivity contribution in [2.24, 2.45) is 0 Å². The molecule has 176 valence electrons. The molecule has 1 fully saturated rings. The van der Waals surface area contributed by atoms with Gasteiger partial charge in [0.05, 0.1) is 16.1 Å². The number of nitrogens with zero attached hydrogens (tertiary/aromatic N) is 2. The van der Waals surface area contributed by atoms with Gasteiger partial charge in [0.2, 0.25) is 5.91 Å². The summed E-state index contributed by atoms with van der Waals surface area (Å²) in [4.78, 5) is 50.0. The number of amides is 2. The van der Waals surface area contributed by atoms with E-state index in [1.807, 2.05) is 0 Å². The van der Waals surface area contributed by atoms with Crippen molar-refractivity contribution >= 4 is 52.0 Å². The number of nitro benzene ring substituents is 1. The molecule has 0 aliphatic carbocycles. The molecule has 2 N–H and O–H groups in total. The molecule has 0 spiro atoms. The van der Waals surface area contributed by atoms with Crippen LogP contribution in [0.1, 0.15) is 24.1 Å². The Balaban J connectivity index is 1.94. The lowest BCUT2D eigenvalue weighted by Crippen LogP contribution is -2.29. The van der Waals surface area contributed by atoms with Crippen LogP contribution in [-0.2, 0) is 14.4 Å². The quantitative estimate of drug-likeness (QED) is 0.173. The van der Waals surface area contributed by atoms with Gasteiger partial charge in [0.1, 0.15) is 11.8 Å². The first-order valence-electron chi connectivity index (χ1n) is 10.4. The summed E-state index contributed by atoms with van der Waals surface area (Å²) in [7, 11) is 0. The maximum Gasteiger partial charge on any atom is 0.300 e. The molecule has 1 atom stereocenters. The average Bonchev–Trinajstić information content (AvgIpc) is 3.09. The number of hydrogen-bond donors (Lipinski definition) is 2. The minimum atomic E-state index is -1.28. The van der Waals surface area contributed by atoms with Crippen LogP contribution < -0.4 is 10.2 Å². The minimum absolute atomic E-state index is 0.0538. The van der Waals surface area contributed by atoms with Crippen LogP contribution in [0.5, 0.6) is 0 Å². The van der Waals surface area contributed by atoms with E-state index in [1.165, 1.54) is 73.7 Å². The lowest BCUT2D eigenvalue weighted by molar-refractivity contribution is -0.385. The molecule has 1 heterocycles. The van der Waals surface area contributed by atoms with Crippen LogP contribution in [0.4, 0.5) is 17.1 Å². The number of carbonyl (C=O) groups is 3. The molecule has 1 saturated heterocycles. The molecule has 0 bridgehead atoms. The third-order valence-corrected chi connectivity index (χ3v) is 5.71. The van der Waals surface area contributed by atoms with E-state index in [2.05, 4.69) is 5.32 Å². The van der Waals surface area contributed by atoms with Crippen molar-refractivity contribution in [2.75, 3.05) is 10.2 Å². The van der Waals surface area contributed by atoms with Gasteiger partial charge in [0.15, 0.2) is 0 Å². The van der Waals surface area contributed by atoms with Gasteiger partial charge >= 0.3 is 0 Å². The molecule has 10 heteroatoms. The first kappa shape index (κ1) is 23.7. The number of halogens is 1. The number of Topliss-reactive ketones (excluding diaryl/α,β-unsaturated/α-hetero) is 1. The second kappa shape index (κ2) is 9.40. The van der Waals surface area contributed by atoms with Crippen molar-refractivity contribution in [3.8, 4) is 0 Å².